The Morgan fingerprint density at radius 3 is 2.79 bits per heavy atom. The molecular weight excluding hydrogens is 328 g/mol. The number of H-pyrrole nitrogens is 1. The molecule has 0 amide bonds. The van der Waals surface area contributed by atoms with Gasteiger partial charge in [0, 0.05) is 36.8 Å². The highest BCUT2D eigenvalue weighted by Crippen LogP contribution is 2.34. The van der Waals surface area contributed by atoms with E-state index >= 15 is 0 Å². The Labute approximate surface area is 139 Å². The van der Waals surface area contributed by atoms with E-state index in [-0.39, 0.29) is 18.2 Å². The molecular formula is C17H16N2O4S. The zero-order chi connectivity index (χ0) is 16.7. The number of nitrogens with one attached hydrogen (secondary N) is 1. The summed E-state index contributed by atoms with van der Waals surface area (Å²) in [5, 5.41) is 1.02. The van der Waals surface area contributed by atoms with Gasteiger partial charge in [-0.05, 0) is 23.8 Å². The molecule has 3 aromatic rings. The minimum Gasteiger partial charge on any atom is -0.454 e. The highest BCUT2D eigenvalue weighted by molar-refractivity contribution is 7.89. The maximum Gasteiger partial charge on any atom is 0.243 e. The van der Waals surface area contributed by atoms with Gasteiger partial charge in [-0.1, -0.05) is 18.2 Å². The van der Waals surface area contributed by atoms with E-state index in [4.69, 9.17) is 9.47 Å². The van der Waals surface area contributed by atoms with E-state index in [9.17, 15) is 8.42 Å². The fourth-order valence-electron chi connectivity index (χ4n) is 2.80. The zero-order valence-corrected chi connectivity index (χ0v) is 13.8. The number of ether oxygens (including phenoxy) is 2. The highest BCUT2D eigenvalue weighted by Gasteiger charge is 2.25. The van der Waals surface area contributed by atoms with Crippen LogP contribution in [0, 0.1) is 0 Å². The van der Waals surface area contributed by atoms with Crippen molar-refractivity contribution in [2.24, 2.45) is 0 Å². The van der Waals surface area contributed by atoms with E-state index in [1.165, 1.54) is 16.4 Å². The standard InChI is InChI=1S/C17H16N2O4S/c1-19(10-12-9-18-15-5-3-2-4-14(12)15)24(20,21)13-6-7-16-17(8-13)23-11-22-16/h2-9,18H,10-11H2,1H3. The van der Waals surface area contributed by atoms with Crippen molar-refractivity contribution < 1.29 is 17.9 Å². The summed E-state index contributed by atoms with van der Waals surface area (Å²) in [6.45, 7) is 0.394. The number of rotatable bonds is 4. The first-order valence-corrected chi connectivity index (χ1v) is 8.91. The maximum atomic E-state index is 12.8. The van der Waals surface area contributed by atoms with E-state index in [0.717, 1.165) is 16.5 Å². The van der Waals surface area contributed by atoms with Crippen LogP contribution >= 0.6 is 0 Å². The lowest BCUT2D eigenvalue weighted by molar-refractivity contribution is 0.174. The first-order chi connectivity index (χ1) is 11.6. The molecule has 2 aromatic carbocycles. The molecule has 1 N–H and O–H groups in total. The first-order valence-electron chi connectivity index (χ1n) is 7.47. The van der Waals surface area contributed by atoms with Crippen LogP contribution in [0.1, 0.15) is 5.56 Å². The molecule has 0 saturated heterocycles. The van der Waals surface area contributed by atoms with Crippen molar-refractivity contribution in [2.45, 2.75) is 11.4 Å². The van der Waals surface area contributed by atoms with Gasteiger partial charge in [0.25, 0.3) is 0 Å². The molecule has 1 aliphatic heterocycles. The Morgan fingerprint density at radius 2 is 1.92 bits per heavy atom. The largest absolute Gasteiger partial charge is 0.454 e. The molecule has 2 heterocycles. The Kier molecular flexibility index (Phi) is 3.47. The van der Waals surface area contributed by atoms with Crippen molar-refractivity contribution >= 4 is 20.9 Å². The van der Waals surface area contributed by atoms with Gasteiger partial charge in [-0.15, -0.1) is 0 Å². The molecule has 124 valence electrons. The van der Waals surface area contributed by atoms with Gasteiger partial charge in [0.05, 0.1) is 4.90 Å². The number of nitrogens with zero attached hydrogens (tertiary/aromatic N) is 1. The van der Waals surface area contributed by atoms with E-state index in [1.54, 1.807) is 13.1 Å². The molecule has 0 atom stereocenters. The fraction of sp³-hybridized carbons (Fsp3) is 0.176. The predicted octanol–water partition coefficient (Wildman–Crippen LogP) is 2.72. The number of aromatic nitrogens is 1. The minimum atomic E-state index is -3.62. The number of benzene rings is 2. The number of hydrogen-bond acceptors (Lipinski definition) is 4. The lowest BCUT2D eigenvalue weighted by Gasteiger charge is -2.17. The van der Waals surface area contributed by atoms with Gasteiger partial charge >= 0.3 is 0 Å². The minimum absolute atomic E-state index is 0.115. The van der Waals surface area contributed by atoms with Crippen molar-refractivity contribution in [3.8, 4) is 11.5 Å². The van der Waals surface area contributed by atoms with Gasteiger partial charge in [0.15, 0.2) is 11.5 Å². The van der Waals surface area contributed by atoms with Crippen LogP contribution in [-0.4, -0.2) is 31.5 Å². The average molecular weight is 344 g/mol. The monoisotopic (exact) mass is 344 g/mol. The third kappa shape index (κ3) is 2.42. The van der Waals surface area contributed by atoms with Crippen LogP contribution in [0.3, 0.4) is 0 Å². The van der Waals surface area contributed by atoms with Gasteiger partial charge in [-0.3, -0.25) is 0 Å². The van der Waals surface area contributed by atoms with Crippen LogP contribution in [0.4, 0.5) is 0 Å². The molecule has 1 aliphatic rings. The van der Waals surface area contributed by atoms with E-state index in [1.807, 2.05) is 30.5 Å². The summed E-state index contributed by atoms with van der Waals surface area (Å²) in [5.74, 6) is 1.02. The van der Waals surface area contributed by atoms with E-state index < -0.39 is 10.0 Å². The molecule has 4 rings (SSSR count). The van der Waals surface area contributed by atoms with Crippen molar-refractivity contribution in [1.82, 2.24) is 9.29 Å². The van der Waals surface area contributed by atoms with Gasteiger partial charge in [-0.25, -0.2) is 8.42 Å². The molecule has 1 aromatic heterocycles. The van der Waals surface area contributed by atoms with E-state index in [2.05, 4.69) is 4.98 Å². The normalized spacial score (nSPS) is 13.8. The van der Waals surface area contributed by atoms with E-state index in [0.29, 0.717) is 11.5 Å². The molecule has 0 bridgehead atoms. The number of sulfonamides is 1. The molecule has 0 unspecified atom stereocenters. The topological polar surface area (TPSA) is 71.6 Å². The van der Waals surface area contributed by atoms with Crippen LogP contribution < -0.4 is 9.47 Å². The van der Waals surface area contributed by atoms with Crippen molar-refractivity contribution in [3.63, 3.8) is 0 Å². The summed E-state index contributed by atoms with van der Waals surface area (Å²) in [5.41, 5.74) is 1.92. The zero-order valence-electron chi connectivity index (χ0n) is 13.0. The molecule has 0 radical (unpaired) electrons. The molecule has 0 fully saturated rings. The maximum absolute atomic E-state index is 12.8. The van der Waals surface area contributed by atoms with Crippen LogP contribution in [-0.2, 0) is 16.6 Å². The quantitative estimate of drug-likeness (QED) is 0.790. The average Bonchev–Trinajstić information content (AvgIpc) is 3.21. The van der Waals surface area contributed by atoms with Crippen molar-refractivity contribution in [2.75, 3.05) is 13.8 Å². The van der Waals surface area contributed by atoms with Crippen LogP contribution in [0.5, 0.6) is 11.5 Å². The second-order valence-corrected chi connectivity index (χ2v) is 7.68. The fourth-order valence-corrected chi connectivity index (χ4v) is 3.97. The smallest absolute Gasteiger partial charge is 0.243 e. The van der Waals surface area contributed by atoms with Crippen molar-refractivity contribution in [3.05, 3.63) is 54.2 Å². The number of para-hydroxylation sites is 1. The highest BCUT2D eigenvalue weighted by atomic mass is 32.2. The first kappa shape index (κ1) is 15.0. The number of aromatic amines is 1. The Morgan fingerprint density at radius 1 is 1.12 bits per heavy atom. The van der Waals surface area contributed by atoms with Crippen LogP contribution in [0.2, 0.25) is 0 Å². The third-order valence-electron chi connectivity index (χ3n) is 4.12. The second kappa shape index (κ2) is 5.54. The molecule has 24 heavy (non-hydrogen) atoms. The summed E-state index contributed by atoms with van der Waals surface area (Å²) in [4.78, 5) is 3.35. The Balaban J connectivity index is 1.64. The lowest BCUT2D eigenvalue weighted by Crippen LogP contribution is -2.26. The third-order valence-corrected chi connectivity index (χ3v) is 5.92. The summed E-state index contributed by atoms with van der Waals surface area (Å²) in [6.07, 6.45) is 1.84. The predicted molar refractivity (Wildman–Crippen MR) is 89.5 cm³/mol. The Bertz CT molecular complexity index is 1010. The molecule has 0 spiro atoms. The van der Waals surface area contributed by atoms with Crippen molar-refractivity contribution in [1.29, 1.82) is 0 Å². The number of hydrogen-bond donors (Lipinski definition) is 1. The lowest BCUT2D eigenvalue weighted by atomic mass is 10.2. The molecule has 0 aliphatic carbocycles. The molecule has 0 saturated carbocycles. The van der Waals surface area contributed by atoms with Crippen LogP contribution in [0.25, 0.3) is 10.9 Å². The summed E-state index contributed by atoms with van der Waals surface area (Å²) >= 11 is 0. The van der Waals surface area contributed by atoms with Gasteiger partial charge < -0.3 is 14.5 Å². The van der Waals surface area contributed by atoms with Crippen LogP contribution in [0.15, 0.2) is 53.6 Å². The van der Waals surface area contributed by atoms with Gasteiger partial charge in [-0.2, -0.15) is 4.31 Å². The molecule has 7 heteroatoms. The molecule has 6 nitrogen and oxygen atoms in total. The summed E-state index contributed by atoms with van der Waals surface area (Å²) < 4.78 is 37.5. The second-order valence-electron chi connectivity index (χ2n) is 5.64. The summed E-state index contributed by atoms with van der Waals surface area (Å²) in [7, 11) is -2.05. The Hall–Kier alpha value is -2.51. The van der Waals surface area contributed by atoms with Gasteiger partial charge in [0.1, 0.15) is 0 Å². The summed E-state index contributed by atoms with van der Waals surface area (Å²) in [6, 6.07) is 12.5. The van der Waals surface area contributed by atoms with Gasteiger partial charge in [0.2, 0.25) is 16.8 Å². The SMILES string of the molecule is CN(Cc1c[nH]c2ccccc12)S(=O)(=O)c1ccc2c(c1)OCO2. The number of fused-ring (bicyclic) bond motifs is 2.